The first-order valence-corrected chi connectivity index (χ1v) is 19.2. The van der Waals surface area contributed by atoms with Crippen LogP contribution in [0.5, 0.6) is 11.5 Å². The molecule has 1 saturated carbocycles. The molecular formula is C40H54CrF9N2O3+. The predicted molar refractivity (Wildman–Crippen MR) is 189 cm³/mol. The molecule has 2 N–H and O–H groups in total. The van der Waals surface area contributed by atoms with Gasteiger partial charge in [-0.1, -0.05) is 0 Å². The number of hydrogen-bond acceptors (Lipinski definition) is 3. The normalized spacial score (nSPS) is 20.8. The summed E-state index contributed by atoms with van der Waals surface area (Å²) in [7, 11) is 0. The van der Waals surface area contributed by atoms with Gasteiger partial charge in [-0.25, -0.2) is 0 Å². The number of rotatable bonds is 2. The Kier molecular flexibility index (Phi) is 12.9. The van der Waals surface area contributed by atoms with Gasteiger partial charge in [-0.3, -0.25) is 0 Å². The van der Waals surface area contributed by atoms with E-state index in [1.54, 1.807) is 0 Å². The van der Waals surface area contributed by atoms with Gasteiger partial charge in [0, 0.05) is 0 Å². The molecule has 0 bridgehead atoms. The molecule has 4 rings (SSSR count). The van der Waals surface area contributed by atoms with Crippen molar-refractivity contribution in [2.75, 3.05) is 0 Å². The second kappa shape index (κ2) is 15.2. The predicted octanol–water partition coefficient (Wildman–Crippen LogP) is 9.86. The molecule has 2 fully saturated rings. The monoisotopic (exact) mass is 833 g/mol. The number of alkyl halides is 9. The molecule has 1 aliphatic carbocycles. The standard InChI is InChI=1S/C36H54N2O2.C4F9O.Cr/c1-33(2,3)25-17-23(31(39)27(19-25)35(7,8)9)21-37-29-15-13-14-16-30(29)38-22-24-18-26(34(4,5)6)20-28(32(24)40)36(10,11)12;5-2(6,7)1(14,3(8,9)10)4(11,12)13;/h17-22,29-30,39-40H,13-16H2,1-12H3;;/q;-1;+2. The first kappa shape index (κ1) is 46.6. The van der Waals surface area contributed by atoms with Gasteiger partial charge in [0.15, 0.2) is 5.60 Å². The minimum absolute atomic E-state index is 0.0117. The largest absolute Gasteiger partial charge is 0.830 e. The topological polar surface area (TPSA) is 69.5 Å². The molecule has 55 heavy (non-hydrogen) atoms. The average Bonchev–Trinajstić information content (AvgIpc) is 3.31. The fourth-order valence-corrected chi connectivity index (χ4v) is 8.42. The quantitative estimate of drug-likeness (QED) is 0.296. The van der Waals surface area contributed by atoms with Crippen molar-refractivity contribution in [1.82, 2.24) is 0 Å². The van der Waals surface area contributed by atoms with Gasteiger partial charge in [0.1, 0.15) is 0 Å². The van der Waals surface area contributed by atoms with Crippen molar-refractivity contribution >= 4 is 12.4 Å². The van der Waals surface area contributed by atoms with E-state index in [1.807, 2.05) is 0 Å². The Hall–Kier alpha value is -2.76. The van der Waals surface area contributed by atoms with Crippen molar-refractivity contribution < 1.29 is 77.6 Å². The van der Waals surface area contributed by atoms with E-state index in [4.69, 9.17) is 0 Å². The molecule has 0 amide bonds. The Bertz CT molecular complexity index is 1640. The van der Waals surface area contributed by atoms with Crippen LogP contribution in [0.4, 0.5) is 39.5 Å². The first-order valence-electron chi connectivity index (χ1n) is 18.0. The Morgan fingerprint density at radius 1 is 0.545 bits per heavy atom. The summed E-state index contributed by atoms with van der Waals surface area (Å²) in [5.74, 6) is 0.808. The number of benzene rings is 2. The fraction of sp³-hybridized carbons (Fsp3) is 0.650. The summed E-state index contributed by atoms with van der Waals surface area (Å²) in [6.07, 6.45) is -11.7. The van der Waals surface area contributed by atoms with Crippen LogP contribution in [0.3, 0.4) is 0 Å². The van der Waals surface area contributed by atoms with Gasteiger partial charge in [-0.15, -0.1) is 0 Å². The third-order valence-electron chi connectivity index (χ3n) is 9.89. The SMILES string of the molecule is CC(C)(C)c1cc(C=[N+]2[Cr][N+](=Cc3cc(C(C)(C)C)cc(C(C)(C)C)c3O)C3CCCCC32)c(O)c(C(C)(C)C)c1.[O-]C(C(F)(F)F)(C(F)(F)F)C(F)(F)F. The number of halogens is 9. The van der Waals surface area contributed by atoms with Crippen molar-refractivity contribution in [3.8, 4) is 11.5 Å². The number of aromatic hydroxyl groups is 2. The summed E-state index contributed by atoms with van der Waals surface area (Å²) < 4.78 is 107. The van der Waals surface area contributed by atoms with E-state index in [1.165, 1.54) is 24.0 Å². The van der Waals surface area contributed by atoms with Crippen LogP contribution >= 0.6 is 0 Å². The van der Waals surface area contributed by atoms with E-state index in [9.17, 15) is 54.8 Å². The van der Waals surface area contributed by atoms with Crippen LogP contribution in [0.1, 0.15) is 142 Å². The number of hydrogen-bond donors (Lipinski definition) is 2. The van der Waals surface area contributed by atoms with Crippen LogP contribution < -0.4 is 5.11 Å². The summed E-state index contributed by atoms with van der Waals surface area (Å²) >= 11 is 0.0117. The molecular weight excluding hydrogens is 779 g/mol. The molecule has 0 aromatic heterocycles. The fourth-order valence-electron chi connectivity index (χ4n) is 6.43. The molecule has 1 saturated heterocycles. The molecule has 0 spiro atoms. The third kappa shape index (κ3) is 10.0. The molecule has 2 aromatic carbocycles. The van der Waals surface area contributed by atoms with Gasteiger partial charge in [-0.05, 0) is 0 Å². The number of fused-ring (bicyclic) bond motifs is 1. The van der Waals surface area contributed by atoms with E-state index in [2.05, 4.69) is 127 Å². The van der Waals surface area contributed by atoms with E-state index in [-0.39, 0.29) is 37.3 Å². The second-order valence-electron chi connectivity index (χ2n) is 18.6. The molecule has 2 unspecified atom stereocenters. The molecule has 1 aliphatic heterocycles. The Balaban J connectivity index is 0.000000493. The molecule has 5 nitrogen and oxygen atoms in total. The minimum atomic E-state index is -6.98. The zero-order valence-corrected chi connectivity index (χ0v) is 34.7. The molecule has 0 radical (unpaired) electrons. The minimum Gasteiger partial charge on any atom is -0.830 e. The maximum atomic E-state index is 11.5. The zero-order valence-electron chi connectivity index (χ0n) is 33.5. The number of phenolic OH excluding ortho intramolecular Hbond substituents is 2. The Morgan fingerprint density at radius 2 is 0.836 bits per heavy atom. The molecule has 1 heterocycles. The van der Waals surface area contributed by atoms with Crippen LogP contribution in [0, 0.1) is 0 Å². The summed E-state index contributed by atoms with van der Waals surface area (Å²) in [6, 6.07) is 9.60. The van der Waals surface area contributed by atoms with Gasteiger partial charge in [-0.2, -0.15) is 39.5 Å². The third-order valence-corrected chi connectivity index (χ3v) is 11.7. The second-order valence-corrected chi connectivity index (χ2v) is 20.1. The van der Waals surface area contributed by atoms with Crippen LogP contribution in [-0.4, -0.2) is 66.0 Å². The molecule has 310 valence electrons. The van der Waals surface area contributed by atoms with Crippen LogP contribution in [0.15, 0.2) is 24.3 Å². The molecule has 2 aliphatic rings. The van der Waals surface area contributed by atoms with Crippen molar-refractivity contribution in [3.05, 3.63) is 57.6 Å². The van der Waals surface area contributed by atoms with E-state index < -0.39 is 24.1 Å². The van der Waals surface area contributed by atoms with Gasteiger partial charge in [0.25, 0.3) is 0 Å². The number of phenols is 2. The Morgan fingerprint density at radius 3 is 1.05 bits per heavy atom. The van der Waals surface area contributed by atoms with Gasteiger partial charge < -0.3 is 5.11 Å². The summed E-state index contributed by atoms with van der Waals surface area (Å²) in [6.45, 7) is 26.5. The smallest absolute Gasteiger partial charge is 0.397 e. The zero-order chi connectivity index (χ0) is 42.7. The van der Waals surface area contributed by atoms with Crippen molar-refractivity contribution in [2.45, 2.75) is 167 Å². The van der Waals surface area contributed by atoms with Crippen LogP contribution in [-0.2, 0) is 37.3 Å². The maximum Gasteiger partial charge on any atom is 0.397 e. The van der Waals surface area contributed by atoms with Gasteiger partial charge >= 0.3 is 276 Å². The molecule has 15 heteroatoms. The van der Waals surface area contributed by atoms with E-state index >= 15 is 0 Å². The van der Waals surface area contributed by atoms with E-state index in [0.717, 1.165) is 35.1 Å². The average molecular weight is 834 g/mol. The van der Waals surface area contributed by atoms with Crippen molar-refractivity contribution in [3.63, 3.8) is 0 Å². The Labute approximate surface area is 325 Å². The summed E-state index contributed by atoms with van der Waals surface area (Å²) in [4.78, 5) is 0. The first-order chi connectivity index (χ1) is 24.4. The summed E-state index contributed by atoms with van der Waals surface area (Å²) in [5.41, 5.74) is -0.926. The number of nitrogens with zero attached hydrogens (tertiary/aromatic N) is 2. The van der Waals surface area contributed by atoms with Gasteiger partial charge in [0.2, 0.25) is 0 Å². The van der Waals surface area contributed by atoms with Crippen molar-refractivity contribution in [2.24, 2.45) is 0 Å². The summed E-state index contributed by atoms with van der Waals surface area (Å²) in [5, 5.41) is 32.8. The van der Waals surface area contributed by atoms with Crippen LogP contribution in [0.2, 0.25) is 0 Å². The maximum absolute atomic E-state index is 11.5. The molecule has 2 atom stereocenters. The molecule has 2 aromatic rings. The van der Waals surface area contributed by atoms with Gasteiger partial charge in [0.05, 0.1) is 0 Å². The van der Waals surface area contributed by atoms with Crippen molar-refractivity contribution in [1.29, 1.82) is 0 Å². The van der Waals surface area contributed by atoms with Crippen LogP contribution in [0.25, 0.3) is 0 Å². The van der Waals surface area contributed by atoms with E-state index in [0.29, 0.717) is 23.6 Å².